The van der Waals surface area contributed by atoms with Gasteiger partial charge in [0.25, 0.3) is 0 Å². The minimum absolute atomic E-state index is 0.134. The molecule has 0 spiro atoms. The Morgan fingerprint density at radius 3 is 2.65 bits per heavy atom. The van der Waals surface area contributed by atoms with E-state index in [-0.39, 0.29) is 28.7 Å². The molecule has 1 aliphatic carbocycles. The molecule has 34 heavy (non-hydrogen) atoms. The number of aliphatic imine (C=N–C) groups is 1. The molecule has 2 aliphatic heterocycles. The highest BCUT2D eigenvalue weighted by molar-refractivity contribution is 7.85. The molecule has 2 saturated heterocycles. The molecule has 1 saturated carbocycles. The summed E-state index contributed by atoms with van der Waals surface area (Å²) in [6, 6.07) is 3.17. The number of allylic oxidation sites excluding steroid dienone is 1. The molecule has 3 unspecified atom stereocenters. The van der Waals surface area contributed by atoms with Crippen molar-refractivity contribution < 1.29 is 13.3 Å². The Hall–Kier alpha value is -2.46. The third kappa shape index (κ3) is 5.60. The second-order valence-corrected chi connectivity index (χ2v) is 11.3. The molecule has 5 N–H and O–H groups in total. The molecule has 2 heterocycles. The maximum atomic E-state index is 14.4. The van der Waals surface area contributed by atoms with Gasteiger partial charge >= 0.3 is 0 Å². The molecule has 1 aromatic carbocycles. The summed E-state index contributed by atoms with van der Waals surface area (Å²) < 4.78 is 32.0. The number of nitrogens with zero attached hydrogens (tertiary/aromatic N) is 3. The molecule has 8 nitrogen and oxygen atoms in total. The van der Waals surface area contributed by atoms with E-state index in [9.17, 15) is 8.60 Å². The van der Waals surface area contributed by atoms with Crippen LogP contribution in [0.1, 0.15) is 38.7 Å². The Labute approximate surface area is 203 Å². The lowest BCUT2D eigenvalue weighted by Gasteiger charge is -2.38. The number of nitrogens with one attached hydrogen (secondary N) is 1. The van der Waals surface area contributed by atoms with E-state index in [0.717, 1.165) is 56.9 Å². The first kappa shape index (κ1) is 24.7. The Morgan fingerprint density at radius 1 is 1.35 bits per heavy atom. The van der Waals surface area contributed by atoms with E-state index >= 15 is 0 Å². The van der Waals surface area contributed by atoms with Gasteiger partial charge in [-0.1, -0.05) is 6.92 Å². The van der Waals surface area contributed by atoms with Crippen LogP contribution < -0.4 is 16.2 Å². The standard InChI is InChI=1S/C24H35FN6O2S/c1-16(23(28)18-12-21(19(25)13-20(18)27)33-24(2)4-5-24)11-22(29-15-26)31-8-6-30(7-9-31)17-3-10-34(32)14-17/h11-13,15-17,28H,3-10,14,27H2,1-2H3,(H2,26,29)/b22-11+,28-23?. The van der Waals surface area contributed by atoms with Gasteiger partial charge in [0.15, 0.2) is 11.6 Å². The smallest absolute Gasteiger partial charge is 0.167 e. The molecule has 3 fully saturated rings. The van der Waals surface area contributed by atoms with Gasteiger partial charge in [0, 0.05) is 83.5 Å². The van der Waals surface area contributed by atoms with Crippen LogP contribution in [0.25, 0.3) is 0 Å². The first-order chi connectivity index (χ1) is 16.2. The van der Waals surface area contributed by atoms with E-state index in [0.29, 0.717) is 17.4 Å². The molecule has 3 atom stereocenters. The van der Waals surface area contributed by atoms with E-state index in [1.54, 1.807) is 0 Å². The maximum absolute atomic E-state index is 14.4. The average Bonchev–Trinajstić information content (AvgIpc) is 3.37. The molecular formula is C24H35FN6O2S. The largest absolute Gasteiger partial charge is 0.484 e. The normalized spacial score (nSPS) is 26.1. The van der Waals surface area contributed by atoms with Gasteiger partial charge in [-0.15, -0.1) is 0 Å². The number of nitrogen functional groups attached to an aromatic ring is 1. The van der Waals surface area contributed by atoms with Gasteiger partial charge in [0.05, 0.1) is 6.34 Å². The lowest BCUT2D eigenvalue weighted by molar-refractivity contribution is 0.124. The van der Waals surface area contributed by atoms with Gasteiger partial charge in [-0.3, -0.25) is 9.11 Å². The number of nitrogens with two attached hydrogens (primary N) is 2. The zero-order valence-electron chi connectivity index (χ0n) is 19.9. The number of halogens is 1. The number of anilines is 1. The van der Waals surface area contributed by atoms with Crippen LogP contribution in [0.5, 0.6) is 5.75 Å². The number of rotatable bonds is 8. The summed E-state index contributed by atoms with van der Waals surface area (Å²) in [6.45, 7) is 7.14. The van der Waals surface area contributed by atoms with Crippen LogP contribution in [-0.2, 0) is 10.8 Å². The molecule has 10 heteroatoms. The van der Waals surface area contributed by atoms with Crippen LogP contribution in [0.3, 0.4) is 0 Å². The monoisotopic (exact) mass is 490 g/mol. The van der Waals surface area contributed by atoms with E-state index < -0.39 is 16.6 Å². The number of piperazine rings is 1. The first-order valence-electron chi connectivity index (χ1n) is 11.9. The number of hydrogen-bond donors (Lipinski definition) is 3. The highest BCUT2D eigenvalue weighted by Gasteiger charge is 2.41. The van der Waals surface area contributed by atoms with Crippen molar-refractivity contribution in [2.45, 2.75) is 44.8 Å². The van der Waals surface area contributed by atoms with Crippen molar-refractivity contribution >= 4 is 28.5 Å². The molecule has 0 bridgehead atoms. The summed E-state index contributed by atoms with van der Waals surface area (Å²) in [7, 11) is -0.687. The molecule has 1 aromatic rings. The summed E-state index contributed by atoms with van der Waals surface area (Å²) >= 11 is 0. The SMILES string of the molecule is CC(/C=C(\N=C/N)N1CCN(C2CCS(=O)C2)CC1)C(=N)c1cc(OC2(C)CC2)c(F)cc1N. The van der Waals surface area contributed by atoms with Gasteiger partial charge in [-0.05, 0) is 38.3 Å². The quantitative estimate of drug-likeness (QED) is 0.292. The molecule has 0 radical (unpaired) electrons. The lowest BCUT2D eigenvalue weighted by atomic mass is 9.96. The zero-order chi connectivity index (χ0) is 24.5. The average molecular weight is 491 g/mol. The van der Waals surface area contributed by atoms with Crippen molar-refractivity contribution in [3.63, 3.8) is 0 Å². The van der Waals surface area contributed by atoms with Crippen LogP contribution in [-0.4, -0.2) is 75.4 Å². The molecule has 4 rings (SSSR count). The molecule has 186 valence electrons. The third-order valence-corrected chi connectivity index (χ3v) is 8.43. The van der Waals surface area contributed by atoms with E-state index in [2.05, 4.69) is 14.8 Å². The van der Waals surface area contributed by atoms with Crippen LogP contribution in [0, 0.1) is 17.1 Å². The molecule has 3 aliphatic rings. The summed E-state index contributed by atoms with van der Waals surface area (Å²) in [4.78, 5) is 8.94. The first-order valence-corrected chi connectivity index (χ1v) is 13.3. The summed E-state index contributed by atoms with van der Waals surface area (Å²) in [5, 5.41) is 8.75. The van der Waals surface area contributed by atoms with Crippen molar-refractivity contribution in [1.82, 2.24) is 9.80 Å². The van der Waals surface area contributed by atoms with Crippen molar-refractivity contribution in [3.05, 3.63) is 35.4 Å². The number of hydrogen-bond acceptors (Lipinski definition) is 7. The second kappa shape index (κ2) is 10.0. The molecule has 0 amide bonds. The Kier molecular flexibility index (Phi) is 7.28. The highest BCUT2D eigenvalue weighted by Crippen LogP contribution is 2.41. The summed E-state index contributed by atoms with van der Waals surface area (Å²) in [5.74, 6) is 1.56. The van der Waals surface area contributed by atoms with Gasteiger partial charge in [-0.25, -0.2) is 9.38 Å². The summed E-state index contributed by atoms with van der Waals surface area (Å²) in [6.07, 6.45) is 5.93. The second-order valence-electron chi connectivity index (χ2n) is 9.70. The van der Waals surface area contributed by atoms with Gasteiger partial charge in [-0.2, -0.15) is 0 Å². The highest BCUT2D eigenvalue weighted by atomic mass is 32.2. The summed E-state index contributed by atoms with van der Waals surface area (Å²) in [5.41, 5.74) is 12.3. The maximum Gasteiger partial charge on any atom is 0.167 e. The lowest BCUT2D eigenvalue weighted by Crippen LogP contribution is -2.50. The predicted molar refractivity (Wildman–Crippen MR) is 135 cm³/mol. The topological polar surface area (TPSA) is 121 Å². The van der Waals surface area contributed by atoms with Crippen molar-refractivity contribution in [1.29, 1.82) is 5.41 Å². The fourth-order valence-electron chi connectivity index (χ4n) is 4.54. The number of benzene rings is 1. The van der Waals surface area contributed by atoms with E-state index in [1.165, 1.54) is 18.5 Å². The number of ether oxygens (including phenoxy) is 1. The molecule has 0 aromatic heterocycles. The van der Waals surface area contributed by atoms with Crippen molar-refractivity contribution in [2.75, 3.05) is 43.4 Å². The van der Waals surface area contributed by atoms with Crippen molar-refractivity contribution in [2.24, 2.45) is 16.6 Å². The fraction of sp³-hybridized carbons (Fsp3) is 0.583. The fourth-order valence-corrected chi connectivity index (χ4v) is 6.04. The van der Waals surface area contributed by atoms with Crippen molar-refractivity contribution in [3.8, 4) is 5.75 Å². The minimum atomic E-state index is -0.687. The van der Waals surface area contributed by atoms with E-state index in [1.807, 2.05) is 19.9 Å². The van der Waals surface area contributed by atoms with Crippen LogP contribution in [0.2, 0.25) is 0 Å². The Morgan fingerprint density at radius 2 is 2.06 bits per heavy atom. The van der Waals surface area contributed by atoms with Crippen LogP contribution in [0.4, 0.5) is 10.1 Å². The van der Waals surface area contributed by atoms with E-state index in [4.69, 9.17) is 21.6 Å². The van der Waals surface area contributed by atoms with Gasteiger partial charge < -0.3 is 26.5 Å². The van der Waals surface area contributed by atoms with Gasteiger partial charge in [0.1, 0.15) is 11.4 Å². The van der Waals surface area contributed by atoms with Gasteiger partial charge in [0.2, 0.25) is 0 Å². The predicted octanol–water partition coefficient (Wildman–Crippen LogP) is 2.31. The van der Waals surface area contributed by atoms with Crippen LogP contribution in [0.15, 0.2) is 29.0 Å². The Balaban J connectivity index is 1.46. The third-order valence-electron chi connectivity index (χ3n) is 6.98. The minimum Gasteiger partial charge on any atom is -0.484 e. The van der Waals surface area contributed by atoms with Crippen LogP contribution >= 0.6 is 0 Å². The zero-order valence-corrected chi connectivity index (χ0v) is 20.7. The molecular weight excluding hydrogens is 455 g/mol. The Bertz CT molecular complexity index is 1020.